The summed E-state index contributed by atoms with van der Waals surface area (Å²) < 4.78 is 43.1. The van der Waals surface area contributed by atoms with Gasteiger partial charge in [0.15, 0.2) is 0 Å². The maximum absolute atomic E-state index is 13.0. The molecule has 1 saturated heterocycles. The molecule has 1 aromatic heterocycles. The highest BCUT2D eigenvalue weighted by molar-refractivity contribution is 5.96. The first-order valence-corrected chi connectivity index (χ1v) is 12.4. The van der Waals surface area contributed by atoms with Gasteiger partial charge in [-0.25, -0.2) is 9.59 Å². The lowest BCUT2D eigenvalue weighted by Gasteiger charge is -2.35. The Kier molecular flexibility index (Phi) is 8.59. The number of aryl methyl sites for hydroxylation is 1. The number of piperidine rings is 1. The van der Waals surface area contributed by atoms with Crippen LogP contribution in [0.4, 0.5) is 23.7 Å². The maximum Gasteiger partial charge on any atom is 0.493 e. The highest BCUT2D eigenvalue weighted by atomic mass is 19.4. The quantitative estimate of drug-likeness (QED) is 0.377. The SMILES string of the molecule is Cc1cc(COc2ccc(NC(=O)C3CCN(C(=O)O)C[C@@H]3C(=O)NOC(=O)C(F)(F)F)cc2)c2ccccc2n1. The standard InChI is InChI=1S/C27H25F3N4O7/c1-15-12-16(19-4-2-3-5-22(19)31-15)14-40-18-8-6-17(7-9-18)32-23(35)20-10-11-34(26(38)39)13-21(20)24(36)33-41-25(37)27(28,29)30/h2-9,12,20-21H,10-11,13-14H2,1H3,(H,32,35)(H,33,36)(H,38,39)/t20?,21-/m0/s1. The number of hydroxylamine groups is 1. The van der Waals surface area contributed by atoms with Gasteiger partial charge in [0.1, 0.15) is 12.4 Å². The van der Waals surface area contributed by atoms with Crippen molar-refractivity contribution < 1.29 is 47.0 Å². The summed E-state index contributed by atoms with van der Waals surface area (Å²) in [6.07, 6.45) is -6.83. The molecule has 0 radical (unpaired) electrons. The second kappa shape index (κ2) is 12.1. The van der Waals surface area contributed by atoms with Crippen LogP contribution < -0.4 is 15.5 Å². The second-order valence-corrected chi connectivity index (χ2v) is 9.33. The van der Waals surface area contributed by atoms with Gasteiger partial charge >= 0.3 is 18.2 Å². The van der Waals surface area contributed by atoms with Crippen LogP contribution in [0.1, 0.15) is 17.7 Å². The predicted molar refractivity (Wildman–Crippen MR) is 137 cm³/mol. The van der Waals surface area contributed by atoms with Crippen molar-refractivity contribution in [3.63, 3.8) is 0 Å². The number of pyridine rings is 1. The van der Waals surface area contributed by atoms with Crippen LogP contribution in [0.15, 0.2) is 54.6 Å². The molecule has 4 rings (SSSR count). The monoisotopic (exact) mass is 574 g/mol. The molecule has 216 valence electrons. The second-order valence-electron chi connectivity index (χ2n) is 9.33. The van der Waals surface area contributed by atoms with Gasteiger partial charge in [-0.15, -0.1) is 0 Å². The molecule has 1 aliphatic heterocycles. The average molecular weight is 575 g/mol. The van der Waals surface area contributed by atoms with Crippen LogP contribution in [-0.2, 0) is 25.8 Å². The number of amides is 3. The van der Waals surface area contributed by atoms with Gasteiger partial charge in [-0.3, -0.25) is 14.6 Å². The normalized spacial score (nSPS) is 17.0. The lowest BCUT2D eigenvalue weighted by molar-refractivity contribution is -0.208. The van der Waals surface area contributed by atoms with Crippen LogP contribution in [0.3, 0.4) is 0 Å². The van der Waals surface area contributed by atoms with E-state index in [0.717, 1.165) is 27.1 Å². The number of likely N-dealkylation sites (tertiary alicyclic amines) is 1. The minimum absolute atomic E-state index is 0.0878. The fourth-order valence-electron chi connectivity index (χ4n) is 4.48. The molecule has 3 N–H and O–H groups in total. The number of fused-ring (bicyclic) bond motifs is 1. The number of rotatable bonds is 6. The van der Waals surface area contributed by atoms with Crippen molar-refractivity contribution in [2.75, 3.05) is 18.4 Å². The Labute approximate surface area is 231 Å². The highest BCUT2D eigenvalue weighted by Gasteiger charge is 2.44. The van der Waals surface area contributed by atoms with E-state index in [1.165, 1.54) is 5.48 Å². The number of nitrogens with zero attached hydrogens (tertiary/aromatic N) is 2. The minimum atomic E-state index is -5.36. The Hall–Kier alpha value is -4.88. The predicted octanol–water partition coefficient (Wildman–Crippen LogP) is 3.81. The molecule has 41 heavy (non-hydrogen) atoms. The van der Waals surface area contributed by atoms with Gasteiger partial charge in [0.05, 0.1) is 17.4 Å². The first kappa shape index (κ1) is 29.1. The molecule has 0 saturated carbocycles. The van der Waals surface area contributed by atoms with Gasteiger partial charge < -0.3 is 24.9 Å². The maximum atomic E-state index is 13.0. The van der Waals surface area contributed by atoms with E-state index in [0.29, 0.717) is 11.4 Å². The number of aromatic nitrogens is 1. The van der Waals surface area contributed by atoms with E-state index in [9.17, 15) is 37.5 Å². The van der Waals surface area contributed by atoms with Crippen molar-refractivity contribution >= 4 is 40.5 Å². The molecule has 14 heteroatoms. The Morgan fingerprint density at radius 2 is 1.76 bits per heavy atom. The topological polar surface area (TPSA) is 147 Å². The Morgan fingerprint density at radius 3 is 2.44 bits per heavy atom. The van der Waals surface area contributed by atoms with E-state index >= 15 is 0 Å². The zero-order valence-electron chi connectivity index (χ0n) is 21.6. The molecule has 3 aromatic rings. The van der Waals surface area contributed by atoms with Crippen molar-refractivity contribution in [3.05, 3.63) is 65.9 Å². The number of carboxylic acid groups (broad SMARTS) is 1. The van der Waals surface area contributed by atoms with Crippen LogP contribution in [0, 0.1) is 18.8 Å². The van der Waals surface area contributed by atoms with Crippen LogP contribution >= 0.6 is 0 Å². The summed E-state index contributed by atoms with van der Waals surface area (Å²) >= 11 is 0. The fourth-order valence-corrected chi connectivity index (χ4v) is 4.48. The number of halogens is 3. The largest absolute Gasteiger partial charge is 0.493 e. The summed E-state index contributed by atoms with van der Waals surface area (Å²) in [6.45, 7) is 1.59. The number of para-hydroxylation sites is 1. The minimum Gasteiger partial charge on any atom is -0.489 e. The summed E-state index contributed by atoms with van der Waals surface area (Å²) in [5, 5.41) is 12.9. The number of hydrogen-bond acceptors (Lipinski definition) is 7. The zero-order valence-corrected chi connectivity index (χ0v) is 21.6. The molecule has 11 nitrogen and oxygen atoms in total. The smallest absolute Gasteiger partial charge is 0.489 e. The number of carbonyl (C=O) groups is 4. The summed E-state index contributed by atoms with van der Waals surface area (Å²) in [6, 6.07) is 16.0. The van der Waals surface area contributed by atoms with E-state index in [-0.39, 0.29) is 19.6 Å². The van der Waals surface area contributed by atoms with Gasteiger partial charge in [0.2, 0.25) is 5.91 Å². The van der Waals surface area contributed by atoms with E-state index < -0.39 is 48.4 Å². The van der Waals surface area contributed by atoms with Crippen molar-refractivity contribution in [1.29, 1.82) is 0 Å². The van der Waals surface area contributed by atoms with Gasteiger partial charge in [-0.2, -0.15) is 18.7 Å². The molecule has 1 aliphatic rings. The molecule has 1 fully saturated rings. The summed E-state index contributed by atoms with van der Waals surface area (Å²) in [5.41, 5.74) is 4.38. The van der Waals surface area contributed by atoms with E-state index in [1.807, 2.05) is 37.3 Å². The molecule has 0 aliphatic carbocycles. The zero-order chi connectivity index (χ0) is 29.7. The van der Waals surface area contributed by atoms with Crippen molar-refractivity contribution in [2.24, 2.45) is 11.8 Å². The molecular weight excluding hydrogens is 549 g/mol. The van der Waals surface area contributed by atoms with Crippen LogP contribution in [0.25, 0.3) is 10.9 Å². The number of ether oxygens (including phenoxy) is 1. The molecule has 2 heterocycles. The van der Waals surface area contributed by atoms with Crippen molar-refractivity contribution in [1.82, 2.24) is 15.4 Å². The number of benzene rings is 2. The number of anilines is 1. The number of carbonyl (C=O) groups excluding carboxylic acids is 3. The van der Waals surface area contributed by atoms with Crippen LogP contribution in [0.2, 0.25) is 0 Å². The third-order valence-electron chi connectivity index (χ3n) is 6.48. The molecule has 1 unspecified atom stereocenters. The molecule has 2 atom stereocenters. The number of alkyl halides is 3. The van der Waals surface area contributed by atoms with E-state index in [4.69, 9.17) is 4.74 Å². The van der Waals surface area contributed by atoms with Gasteiger partial charge in [-0.1, -0.05) is 18.2 Å². The highest BCUT2D eigenvalue weighted by Crippen LogP contribution is 2.27. The number of hydrogen-bond donors (Lipinski definition) is 3. The lowest BCUT2D eigenvalue weighted by atomic mass is 9.84. The third kappa shape index (κ3) is 7.21. The lowest BCUT2D eigenvalue weighted by Crippen LogP contribution is -2.52. The third-order valence-corrected chi connectivity index (χ3v) is 6.48. The molecule has 2 aromatic carbocycles. The molecule has 3 amide bonds. The van der Waals surface area contributed by atoms with Crippen LogP contribution in [-0.4, -0.2) is 58.1 Å². The summed E-state index contributed by atoms with van der Waals surface area (Å²) in [5.74, 6) is -6.58. The van der Waals surface area contributed by atoms with E-state index in [2.05, 4.69) is 15.1 Å². The summed E-state index contributed by atoms with van der Waals surface area (Å²) in [7, 11) is 0. The van der Waals surface area contributed by atoms with Gasteiger partial charge in [0, 0.05) is 35.4 Å². The molecule has 0 bridgehead atoms. The molecule has 0 spiro atoms. The molecular formula is C27H25F3N4O7. The van der Waals surface area contributed by atoms with Gasteiger partial charge in [0.25, 0.3) is 5.91 Å². The van der Waals surface area contributed by atoms with Gasteiger partial charge in [-0.05, 0) is 49.7 Å². The summed E-state index contributed by atoms with van der Waals surface area (Å²) in [4.78, 5) is 57.0. The Balaban J connectivity index is 1.40. The van der Waals surface area contributed by atoms with Crippen LogP contribution in [0.5, 0.6) is 5.75 Å². The first-order chi connectivity index (χ1) is 19.4. The van der Waals surface area contributed by atoms with Crippen molar-refractivity contribution in [2.45, 2.75) is 26.1 Å². The van der Waals surface area contributed by atoms with E-state index in [1.54, 1.807) is 24.3 Å². The first-order valence-electron chi connectivity index (χ1n) is 12.4. The van der Waals surface area contributed by atoms with Crippen molar-refractivity contribution in [3.8, 4) is 5.75 Å². The Bertz CT molecular complexity index is 1460. The average Bonchev–Trinajstić information content (AvgIpc) is 2.94. The fraction of sp³-hybridized carbons (Fsp3) is 0.296. The Morgan fingerprint density at radius 1 is 1.05 bits per heavy atom. The number of nitrogens with one attached hydrogen (secondary N) is 2.